The van der Waals surface area contributed by atoms with Crippen LogP contribution in [0.3, 0.4) is 0 Å². The highest BCUT2D eigenvalue weighted by atomic mass is 79.9. The second-order valence-corrected chi connectivity index (χ2v) is 7.82. The van der Waals surface area contributed by atoms with Gasteiger partial charge in [0.1, 0.15) is 5.76 Å². The molecule has 0 atom stereocenters. The van der Waals surface area contributed by atoms with Gasteiger partial charge in [-0.15, -0.1) is 0 Å². The quantitative estimate of drug-likeness (QED) is 0.314. The molecule has 4 aromatic rings. The Labute approximate surface area is 168 Å². The Morgan fingerprint density at radius 3 is 2.77 bits per heavy atom. The zero-order chi connectivity index (χ0) is 17.9. The molecule has 0 saturated carbocycles. The number of aromatic nitrogens is 1. The standard InChI is InChI=1S/C20H12BrClN2OS/c21-18-11-16(25-20(18)26-17-6-3-14(22)4-7-17)12-24-15-5-8-19-13(10-15)2-1-9-23-19/h1-12H. The Hall–Kier alpha value is -2.08. The van der Waals surface area contributed by atoms with E-state index >= 15 is 0 Å². The van der Waals surface area contributed by atoms with Gasteiger partial charge in [-0.1, -0.05) is 29.4 Å². The first kappa shape index (κ1) is 17.3. The van der Waals surface area contributed by atoms with Gasteiger partial charge in [0.25, 0.3) is 0 Å². The van der Waals surface area contributed by atoms with Crippen molar-refractivity contribution in [3.63, 3.8) is 0 Å². The minimum atomic E-state index is 0.680. The number of nitrogens with zero attached hydrogens (tertiary/aromatic N) is 2. The van der Waals surface area contributed by atoms with Crippen molar-refractivity contribution in [2.45, 2.75) is 9.99 Å². The number of benzene rings is 2. The predicted octanol–water partition coefficient (Wildman–Crippen LogP) is 7.15. The maximum atomic E-state index is 5.92. The zero-order valence-electron chi connectivity index (χ0n) is 13.4. The summed E-state index contributed by atoms with van der Waals surface area (Å²) in [6.45, 7) is 0. The van der Waals surface area contributed by atoms with Crippen LogP contribution in [0.2, 0.25) is 5.02 Å². The van der Waals surface area contributed by atoms with Crippen LogP contribution in [0.1, 0.15) is 5.76 Å². The minimum absolute atomic E-state index is 0.680. The Bertz CT molecular complexity index is 1090. The summed E-state index contributed by atoms with van der Waals surface area (Å²) >= 11 is 11.0. The molecule has 0 aliphatic rings. The van der Waals surface area contributed by atoms with E-state index < -0.39 is 0 Å². The molecule has 0 fully saturated rings. The monoisotopic (exact) mass is 442 g/mol. The lowest BCUT2D eigenvalue weighted by molar-refractivity contribution is 0.466. The number of pyridine rings is 1. The molecule has 0 bridgehead atoms. The lowest BCUT2D eigenvalue weighted by Crippen LogP contribution is -1.78. The first-order valence-electron chi connectivity index (χ1n) is 7.79. The Kier molecular flexibility index (Phi) is 5.11. The van der Waals surface area contributed by atoms with Crippen molar-refractivity contribution in [3.8, 4) is 0 Å². The van der Waals surface area contributed by atoms with E-state index in [0.717, 1.165) is 31.1 Å². The van der Waals surface area contributed by atoms with E-state index in [1.54, 1.807) is 12.4 Å². The van der Waals surface area contributed by atoms with Gasteiger partial charge in [0.2, 0.25) is 0 Å². The molecule has 0 radical (unpaired) electrons. The number of furan rings is 1. The molecular formula is C20H12BrClN2OS. The van der Waals surface area contributed by atoms with Crippen LogP contribution in [0.4, 0.5) is 5.69 Å². The maximum absolute atomic E-state index is 5.92. The molecule has 3 nitrogen and oxygen atoms in total. The van der Waals surface area contributed by atoms with Crippen LogP contribution in [0.15, 0.2) is 90.7 Å². The van der Waals surface area contributed by atoms with Crippen LogP contribution in [0.5, 0.6) is 0 Å². The van der Waals surface area contributed by atoms with E-state index in [4.69, 9.17) is 16.0 Å². The first-order chi connectivity index (χ1) is 12.7. The number of hydrogen-bond donors (Lipinski definition) is 0. The molecule has 0 aliphatic carbocycles. The fourth-order valence-electron chi connectivity index (χ4n) is 2.39. The fourth-order valence-corrected chi connectivity index (χ4v) is 3.85. The van der Waals surface area contributed by atoms with Crippen LogP contribution in [-0.2, 0) is 0 Å². The molecule has 6 heteroatoms. The van der Waals surface area contributed by atoms with E-state index in [1.165, 1.54) is 11.8 Å². The van der Waals surface area contributed by atoms with Gasteiger partial charge in [-0.05, 0) is 64.5 Å². The van der Waals surface area contributed by atoms with Gasteiger partial charge in [-0.2, -0.15) is 0 Å². The van der Waals surface area contributed by atoms with Crippen molar-refractivity contribution in [1.29, 1.82) is 0 Å². The summed E-state index contributed by atoms with van der Waals surface area (Å²) in [6.07, 6.45) is 3.50. The van der Waals surface area contributed by atoms with E-state index in [1.807, 2.05) is 60.7 Å². The molecular weight excluding hydrogens is 432 g/mol. The topological polar surface area (TPSA) is 38.4 Å². The predicted molar refractivity (Wildman–Crippen MR) is 111 cm³/mol. The highest BCUT2D eigenvalue weighted by Crippen LogP contribution is 2.36. The summed E-state index contributed by atoms with van der Waals surface area (Å²) in [7, 11) is 0. The van der Waals surface area contributed by atoms with Gasteiger partial charge in [0, 0.05) is 27.6 Å². The molecule has 26 heavy (non-hydrogen) atoms. The molecule has 0 amide bonds. The van der Waals surface area contributed by atoms with Crippen molar-refractivity contribution in [2.24, 2.45) is 4.99 Å². The van der Waals surface area contributed by atoms with E-state index in [9.17, 15) is 0 Å². The molecule has 0 N–H and O–H groups in total. The molecule has 0 unspecified atom stereocenters. The van der Waals surface area contributed by atoms with Crippen molar-refractivity contribution < 1.29 is 4.42 Å². The van der Waals surface area contributed by atoms with Crippen molar-refractivity contribution in [2.75, 3.05) is 0 Å². The average Bonchev–Trinajstić information content (AvgIpc) is 3.01. The number of aliphatic imine (C=N–C) groups is 1. The van der Waals surface area contributed by atoms with Gasteiger partial charge in [-0.3, -0.25) is 9.98 Å². The summed E-state index contributed by atoms with van der Waals surface area (Å²) < 4.78 is 6.77. The van der Waals surface area contributed by atoms with E-state index in [-0.39, 0.29) is 0 Å². The highest BCUT2D eigenvalue weighted by Gasteiger charge is 2.09. The molecule has 0 spiro atoms. The normalized spacial score (nSPS) is 11.5. The van der Waals surface area contributed by atoms with E-state index in [2.05, 4.69) is 25.9 Å². The third-order valence-corrected chi connectivity index (χ3v) is 5.73. The van der Waals surface area contributed by atoms with Crippen LogP contribution in [-0.4, -0.2) is 11.2 Å². The summed E-state index contributed by atoms with van der Waals surface area (Å²) in [4.78, 5) is 9.87. The van der Waals surface area contributed by atoms with Gasteiger partial charge < -0.3 is 4.42 Å². The SMILES string of the molecule is Clc1ccc(Sc2oc(C=Nc3ccc4ncccc4c3)cc2Br)cc1. The lowest BCUT2D eigenvalue weighted by atomic mass is 10.2. The van der Waals surface area contributed by atoms with Crippen molar-refractivity contribution >= 4 is 62.1 Å². The minimum Gasteiger partial charge on any atom is -0.447 e. The molecule has 0 aliphatic heterocycles. The third kappa shape index (κ3) is 4.01. The molecule has 2 aromatic carbocycles. The summed E-state index contributed by atoms with van der Waals surface area (Å²) in [5.74, 6) is 0.680. The first-order valence-corrected chi connectivity index (χ1v) is 9.78. The molecule has 0 saturated heterocycles. The molecule has 2 heterocycles. The Balaban J connectivity index is 1.54. The molecule has 128 valence electrons. The lowest BCUT2D eigenvalue weighted by Gasteiger charge is -1.99. The van der Waals surface area contributed by atoms with Gasteiger partial charge in [0.05, 0.1) is 21.9 Å². The largest absolute Gasteiger partial charge is 0.447 e. The number of halogens is 2. The van der Waals surface area contributed by atoms with Crippen LogP contribution in [0.25, 0.3) is 10.9 Å². The number of fused-ring (bicyclic) bond motifs is 1. The van der Waals surface area contributed by atoms with Gasteiger partial charge in [0.15, 0.2) is 5.09 Å². The number of rotatable bonds is 4. The van der Waals surface area contributed by atoms with Crippen molar-refractivity contribution in [3.05, 3.63) is 82.1 Å². The fraction of sp³-hybridized carbons (Fsp3) is 0. The van der Waals surface area contributed by atoms with Crippen LogP contribution in [0, 0.1) is 0 Å². The molecule has 4 rings (SSSR count). The zero-order valence-corrected chi connectivity index (χ0v) is 16.6. The number of hydrogen-bond acceptors (Lipinski definition) is 4. The summed E-state index contributed by atoms with van der Waals surface area (Å²) in [5.41, 5.74) is 1.80. The van der Waals surface area contributed by atoms with Crippen LogP contribution < -0.4 is 0 Å². The third-order valence-electron chi connectivity index (χ3n) is 3.63. The Morgan fingerprint density at radius 1 is 1.08 bits per heavy atom. The maximum Gasteiger partial charge on any atom is 0.179 e. The Morgan fingerprint density at radius 2 is 1.92 bits per heavy atom. The van der Waals surface area contributed by atoms with Gasteiger partial charge in [-0.25, -0.2) is 0 Å². The second kappa shape index (κ2) is 7.66. The molecule has 2 aromatic heterocycles. The summed E-state index contributed by atoms with van der Waals surface area (Å²) in [6, 6.07) is 19.4. The van der Waals surface area contributed by atoms with Gasteiger partial charge >= 0.3 is 0 Å². The average molecular weight is 444 g/mol. The highest BCUT2D eigenvalue weighted by molar-refractivity contribution is 9.10. The van der Waals surface area contributed by atoms with Crippen molar-refractivity contribution in [1.82, 2.24) is 4.98 Å². The summed E-state index contributed by atoms with van der Waals surface area (Å²) in [5, 5.41) is 2.55. The van der Waals surface area contributed by atoms with E-state index in [0.29, 0.717) is 10.8 Å². The smallest absolute Gasteiger partial charge is 0.179 e. The second-order valence-electron chi connectivity index (χ2n) is 5.48. The van der Waals surface area contributed by atoms with Crippen LogP contribution >= 0.6 is 39.3 Å².